The number of amides is 3. The molecule has 2 aromatic rings. The van der Waals surface area contributed by atoms with E-state index in [4.69, 9.17) is 9.26 Å². The van der Waals surface area contributed by atoms with Gasteiger partial charge in [0.1, 0.15) is 5.76 Å². The maximum absolute atomic E-state index is 12.7. The number of hydrogen-bond donors (Lipinski definition) is 2. The van der Waals surface area contributed by atoms with Gasteiger partial charge in [0.25, 0.3) is 0 Å². The number of nitrogens with zero attached hydrogens (tertiary/aromatic N) is 2. The van der Waals surface area contributed by atoms with Gasteiger partial charge in [0, 0.05) is 37.4 Å². The summed E-state index contributed by atoms with van der Waals surface area (Å²) >= 11 is 1.53. The first-order chi connectivity index (χ1) is 13.5. The van der Waals surface area contributed by atoms with Gasteiger partial charge in [-0.1, -0.05) is 11.2 Å². The van der Waals surface area contributed by atoms with Crippen LogP contribution in [0, 0.1) is 6.92 Å². The van der Waals surface area contributed by atoms with Crippen LogP contribution in [0.5, 0.6) is 0 Å². The maximum atomic E-state index is 12.7. The summed E-state index contributed by atoms with van der Waals surface area (Å²) in [6.07, 6.45) is -0.0314. The monoisotopic (exact) mass is 408 g/mol. The normalized spacial score (nSPS) is 10.5. The lowest BCUT2D eigenvalue weighted by atomic mass is 10.2. The zero-order chi connectivity index (χ0) is 20.4. The number of carbonyl (C=O) groups excluding carboxylic acids is 3. The first-order valence-corrected chi connectivity index (χ1v) is 9.66. The Morgan fingerprint density at radius 2 is 2.07 bits per heavy atom. The van der Waals surface area contributed by atoms with Crippen LogP contribution in [0.2, 0.25) is 0 Å². The van der Waals surface area contributed by atoms with Gasteiger partial charge in [-0.3, -0.25) is 19.3 Å². The molecule has 0 aliphatic carbocycles. The smallest absolute Gasteiger partial charge is 0.239 e. The third-order valence-corrected chi connectivity index (χ3v) is 4.59. The van der Waals surface area contributed by atoms with Gasteiger partial charge >= 0.3 is 0 Å². The molecule has 0 spiro atoms. The van der Waals surface area contributed by atoms with Gasteiger partial charge in [0.15, 0.2) is 5.82 Å². The Hall–Kier alpha value is -2.72. The van der Waals surface area contributed by atoms with Crippen LogP contribution < -0.4 is 15.5 Å². The summed E-state index contributed by atoms with van der Waals surface area (Å²) in [7, 11) is 1.53. The lowest BCUT2D eigenvalue weighted by molar-refractivity contribution is -0.127. The molecule has 28 heavy (non-hydrogen) atoms. The minimum absolute atomic E-state index is 0.00555. The summed E-state index contributed by atoms with van der Waals surface area (Å²) in [5.41, 5.74) is 0. The van der Waals surface area contributed by atoms with Crippen molar-refractivity contribution in [1.82, 2.24) is 15.8 Å². The van der Waals surface area contributed by atoms with Crippen molar-refractivity contribution in [3.63, 3.8) is 0 Å². The number of hydrogen-bond acceptors (Lipinski definition) is 7. The number of ether oxygens (including phenoxy) is 1. The molecule has 152 valence electrons. The van der Waals surface area contributed by atoms with E-state index in [0.29, 0.717) is 31.3 Å². The molecule has 0 aliphatic rings. The predicted molar refractivity (Wildman–Crippen MR) is 104 cm³/mol. The molecule has 3 amide bonds. The fourth-order valence-electron chi connectivity index (χ4n) is 2.31. The number of aromatic nitrogens is 1. The van der Waals surface area contributed by atoms with Crippen LogP contribution in [0.4, 0.5) is 5.82 Å². The quantitative estimate of drug-likeness (QED) is 0.541. The Kier molecular flexibility index (Phi) is 8.63. The zero-order valence-corrected chi connectivity index (χ0v) is 16.7. The van der Waals surface area contributed by atoms with Crippen molar-refractivity contribution < 1.29 is 23.6 Å². The second kappa shape index (κ2) is 11.2. The van der Waals surface area contributed by atoms with Crippen molar-refractivity contribution in [2.75, 3.05) is 31.7 Å². The molecule has 0 radical (unpaired) electrons. The summed E-state index contributed by atoms with van der Waals surface area (Å²) in [5.74, 6) is 0.0724. The number of carbonyl (C=O) groups is 3. The summed E-state index contributed by atoms with van der Waals surface area (Å²) in [6, 6.07) is 5.50. The van der Waals surface area contributed by atoms with Crippen LogP contribution in [0.15, 0.2) is 28.1 Å². The van der Waals surface area contributed by atoms with Crippen LogP contribution in [0.3, 0.4) is 0 Å². The molecular formula is C18H24N4O5S. The van der Waals surface area contributed by atoms with Crippen LogP contribution in [-0.2, 0) is 25.7 Å². The van der Waals surface area contributed by atoms with Crippen molar-refractivity contribution >= 4 is 34.9 Å². The molecule has 9 nitrogen and oxygen atoms in total. The van der Waals surface area contributed by atoms with Crippen molar-refractivity contribution in [2.24, 2.45) is 0 Å². The molecule has 2 heterocycles. The summed E-state index contributed by atoms with van der Waals surface area (Å²) in [5, 5.41) is 10.9. The third kappa shape index (κ3) is 7.12. The third-order valence-electron chi connectivity index (χ3n) is 3.73. The number of aryl methyl sites for hydroxylation is 1. The highest BCUT2D eigenvalue weighted by atomic mass is 32.1. The van der Waals surface area contributed by atoms with Crippen LogP contribution in [0.1, 0.15) is 23.5 Å². The van der Waals surface area contributed by atoms with E-state index in [9.17, 15) is 14.4 Å². The van der Waals surface area contributed by atoms with E-state index in [0.717, 1.165) is 4.88 Å². The van der Waals surface area contributed by atoms with Crippen molar-refractivity contribution in [2.45, 2.75) is 26.3 Å². The van der Waals surface area contributed by atoms with Crippen LogP contribution in [-0.4, -0.2) is 49.7 Å². The summed E-state index contributed by atoms with van der Waals surface area (Å²) in [6.45, 7) is 2.73. The van der Waals surface area contributed by atoms with Crippen LogP contribution in [0.25, 0.3) is 0 Å². The number of anilines is 1. The molecule has 0 aromatic carbocycles. The molecule has 0 unspecified atom stereocenters. The van der Waals surface area contributed by atoms with E-state index >= 15 is 0 Å². The topological polar surface area (TPSA) is 114 Å². The Morgan fingerprint density at radius 3 is 2.71 bits per heavy atom. The molecule has 10 heteroatoms. The second-order valence-corrected chi connectivity index (χ2v) is 7.01. The number of rotatable bonds is 11. The van der Waals surface area contributed by atoms with E-state index in [1.54, 1.807) is 13.0 Å². The fourth-order valence-corrected chi connectivity index (χ4v) is 3.01. The van der Waals surface area contributed by atoms with Gasteiger partial charge in [-0.05, 0) is 18.4 Å². The minimum Gasteiger partial charge on any atom is -0.383 e. The summed E-state index contributed by atoms with van der Waals surface area (Å²) < 4.78 is 9.90. The molecule has 0 saturated heterocycles. The molecule has 0 aliphatic heterocycles. The molecule has 0 bridgehead atoms. The minimum atomic E-state index is -0.373. The van der Waals surface area contributed by atoms with Crippen molar-refractivity contribution in [3.8, 4) is 0 Å². The number of methoxy groups -OCH3 is 1. The Balaban J connectivity index is 1.83. The van der Waals surface area contributed by atoms with E-state index in [2.05, 4.69) is 15.8 Å². The SMILES string of the molecule is COCCNC(=O)CNC(=O)CCC(=O)N(Cc1cccs1)c1cc(C)on1. The number of thiophene rings is 1. The Labute approximate surface area is 167 Å². The zero-order valence-electron chi connectivity index (χ0n) is 15.9. The maximum Gasteiger partial charge on any atom is 0.239 e. The van der Waals surface area contributed by atoms with E-state index in [1.165, 1.54) is 23.3 Å². The molecule has 2 aromatic heterocycles. The molecular weight excluding hydrogens is 384 g/mol. The standard InChI is InChI=1S/C18H24N4O5S/c1-13-10-15(21-27-13)22(12-14-4-3-9-28-14)18(25)6-5-16(23)20-11-17(24)19-7-8-26-2/h3-4,9-10H,5-8,11-12H2,1-2H3,(H,19,24)(H,20,23). The first-order valence-electron chi connectivity index (χ1n) is 8.78. The van der Waals surface area contributed by atoms with Crippen molar-refractivity contribution in [3.05, 3.63) is 34.2 Å². The van der Waals surface area contributed by atoms with Gasteiger partial charge in [0.2, 0.25) is 17.7 Å². The van der Waals surface area contributed by atoms with Crippen LogP contribution >= 0.6 is 11.3 Å². The average Bonchev–Trinajstić information content (AvgIpc) is 3.34. The first kappa shape index (κ1) is 21.6. The second-order valence-electron chi connectivity index (χ2n) is 5.97. The number of nitrogens with one attached hydrogen (secondary N) is 2. The molecule has 2 rings (SSSR count). The van der Waals surface area contributed by atoms with Crippen molar-refractivity contribution in [1.29, 1.82) is 0 Å². The van der Waals surface area contributed by atoms with Gasteiger partial charge < -0.3 is 19.9 Å². The van der Waals surface area contributed by atoms with Gasteiger partial charge in [-0.2, -0.15) is 0 Å². The summed E-state index contributed by atoms with van der Waals surface area (Å²) in [4.78, 5) is 38.7. The highest BCUT2D eigenvalue weighted by Gasteiger charge is 2.21. The Bertz CT molecular complexity index is 775. The van der Waals surface area contributed by atoms with Gasteiger partial charge in [-0.25, -0.2) is 0 Å². The van der Waals surface area contributed by atoms with Gasteiger partial charge in [-0.15, -0.1) is 11.3 Å². The van der Waals surface area contributed by atoms with E-state index < -0.39 is 0 Å². The molecule has 0 fully saturated rings. The highest BCUT2D eigenvalue weighted by molar-refractivity contribution is 7.09. The lowest BCUT2D eigenvalue weighted by Crippen LogP contribution is -2.38. The average molecular weight is 408 g/mol. The lowest BCUT2D eigenvalue weighted by Gasteiger charge is -2.19. The largest absolute Gasteiger partial charge is 0.383 e. The van der Waals surface area contributed by atoms with E-state index in [1.807, 2.05) is 17.5 Å². The highest BCUT2D eigenvalue weighted by Crippen LogP contribution is 2.20. The fraction of sp³-hybridized carbons (Fsp3) is 0.444. The molecule has 0 atom stereocenters. The Morgan fingerprint density at radius 1 is 1.25 bits per heavy atom. The molecule has 2 N–H and O–H groups in total. The van der Waals surface area contributed by atoms with E-state index in [-0.39, 0.29) is 37.1 Å². The molecule has 0 saturated carbocycles. The van der Waals surface area contributed by atoms with Gasteiger partial charge in [0.05, 0.1) is 19.7 Å². The predicted octanol–water partition coefficient (Wildman–Crippen LogP) is 1.24.